The highest BCUT2D eigenvalue weighted by molar-refractivity contribution is 8.29. The lowest BCUT2D eigenvalue weighted by Crippen LogP contribution is -2.31. The minimum atomic E-state index is -0.287. The SMILES string of the molecule is COc1ccccc1NC(=O)CCCCCN1C(=O)C(=C2SC(=S)N(CCCCCC(=O)Nc3ccccc3OC)C2=O)SC1=S. The Kier molecular flexibility index (Phi) is 13.4. The van der Waals surface area contributed by atoms with E-state index in [1.54, 1.807) is 38.5 Å². The summed E-state index contributed by atoms with van der Waals surface area (Å²) in [5.41, 5.74) is 1.26. The average Bonchev–Trinajstić information content (AvgIpc) is 3.49. The molecule has 0 unspecified atom stereocenters. The summed E-state index contributed by atoms with van der Waals surface area (Å²) in [4.78, 5) is 54.9. The van der Waals surface area contributed by atoms with Crippen LogP contribution in [0.5, 0.6) is 11.5 Å². The zero-order chi connectivity index (χ0) is 33.1. The van der Waals surface area contributed by atoms with Crippen molar-refractivity contribution in [3.63, 3.8) is 0 Å². The van der Waals surface area contributed by atoms with E-state index < -0.39 is 0 Å². The van der Waals surface area contributed by atoms with E-state index in [4.69, 9.17) is 33.9 Å². The number of thiocarbonyl (C=S) groups is 2. The lowest BCUT2D eigenvalue weighted by molar-refractivity contribution is -0.124. The topological polar surface area (TPSA) is 117 Å². The van der Waals surface area contributed by atoms with Gasteiger partial charge in [-0.2, -0.15) is 0 Å². The molecule has 10 nitrogen and oxygen atoms in total. The molecule has 14 heteroatoms. The molecule has 2 N–H and O–H groups in total. The molecule has 0 bridgehead atoms. The Balaban J connectivity index is 1.18. The van der Waals surface area contributed by atoms with Gasteiger partial charge in [0.05, 0.1) is 35.4 Å². The molecule has 0 radical (unpaired) electrons. The van der Waals surface area contributed by atoms with E-state index in [0.717, 1.165) is 36.4 Å². The van der Waals surface area contributed by atoms with Crippen LogP contribution in [0, 0.1) is 0 Å². The van der Waals surface area contributed by atoms with Gasteiger partial charge in [-0.15, -0.1) is 0 Å². The fraction of sp³-hybridized carbons (Fsp3) is 0.375. The maximum atomic E-state index is 13.2. The number of rotatable bonds is 16. The van der Waals surface area contributed by atoms with Crippen molar-refractivity contribution in [2.24, 2.45) is 0 Å². The van der Waals surface area contributed by atoms with E-state index >= 15 is 0 Å². The molecule has 0 saturated carbocycles. The zero-order valence-corrected chi connectivity index (χ0v) is 28.9. The Morgan fingerprint density at radius 1 is 0.652 bits per heavy atom. The number of unbranched alkanes of at least 4 members (excludes halogenated alkanes) is 4. The van der Waals surface area contributed by atoms with Gasteiger partial charge in [0.25, 0.3) is 11.8 Å². The highest BCUT2D eigenvalue weighted by Crippen LogP contribution is 2.42. The van der Waals surface area contributed by atoms with Crippen molar-refractivity contribution in [2.75, 3.05) is 37.9 Å². The predicted molar refractivity (Wildman–Crippen MR) is 191 cm³/mol. The van der Waals surface area contributed by atoms with Crippen LogP contribution in [-0.4, -0.2) is 69.4 Å². The highest BCUT2D eigenvalue weighted by Gasteiger charge is 2.41. The summed E-state index contributed by atoms with van der Waals surface area (Å²) in [5, 5.41) is 5.73. The number of ether oxygens (including phenoxy) is 2. The van der Waals surface area contributed by atoms with E-state index in [-0.39, 0.29) is 23.6 Å². The standard InChI is InChI=1S/C32H36N4O6S4/c1-41-23-15-9-7-13-21(23)33-25(37)17-5-3-11-19-35-29(39)27(45-31(35)43)28-30(40)36(32(44)46-28)20-12-4-6-18-26(38)34-22-14-8-10-16-24(22)42-2/h7-10,13-16H,3-6,11-12,17-20H2,1-2H3,(H,33,37)(H,34,38). The van der Waals surface area contributed by atoms with E-state index in [2.05, 4.69) is 10.6 Å². The number of amides is 4. The van der Waals surface area contributed by atoms with Crippen molar-refractivity contribution in [2.45, 2.75) is 51.4 Å². The molecule has 244 valence electrons. The number of hydrogen-bond donors (Lipinski definition) is 2. The first-order chi connectivity index (χ1) is 22.2. The third-order valence-electron chi connectivity index (χ3n) is 7.24. The van der Waals surface area contributed by atoms with Crippen molar-refractivity contribution in [3.8, 4) is 11.5 Å². The second-order valence-electron chi connectivity index (χ2n) is 10.4. The molecule has 0 aliphatic carbocycles. The Hall–Kier alpha value is -3.46. The van der Waals surface area contributed by atoms with Crippen molar-refractivity contribution >= 4 is 91.6 Å². The van der Waals surface area contributed by atoms with Crippen molar-refractivity contribution < 1.29 is 28.7 Å². The van der Waals surface area contributed by atoms with Crippen LogP contribution < -0.4 is 20.1 Å². The maximum absolute atomic E-state index is 13.2. The number of nitrogens with one attached hydrogen (secondary N) is 2. The summed E-state index contributed by atoms with van der Waals surface area (Å²) < 4.78 is 11.3. The van der Waals surface area contributed by atoms with Crippen LogP contribution in [0.3, 0.4) is 0 Å². The van der Waals surface area contributed by atoms with Gasteiger partial charge in [0, 0.05) is 25.9 Å². The molecule has 4 rings (SSSR count). The van der Waals surface area contributed by atoms with Crippen LogP contribution in [-0.2, 0) is 19.2 Å². The first-order valence-electron chi connectivity index (χ1n) is 14.9. The van der Waals surface area contributed by atoms with E-state index in [9.17, 15) is 19.2 Å². The van der Waals surface area contributed by atoms with E-state index in [0.29, 0.717) is 92.9 Å². The maximum Gasteiger partial charge on any atom is 0.267 e. The number of thioether (sulfide) groups is 2. The largest absolute Gasteiger partial charge is 0.495 e. The first kappa shape index (κ1) is 35.4. The molecular formula is C32H36N4O6S4. The third kappa shape index (κ3) is 9.30. The van der Waals surface area contributed by atoms with Crippen LogP contribution >= 0.6 is 48.0 Å². The normalized spacial score (nSPS) is 16.3. The molecule has 2 saturated heterocycles. The second kappa shape index (κ2) is 17.5. The summed E-state index contributed by atoms with van der Waals surface area (Å²) >= 11 is 13.2. The Bertz CT molecular complexity index is 1420. The molecule has 0 spiro atoms. The summed E-state index contributed by atoms with van der Waals surface area (Å²) in [6.45, 7) is 0.820. The number of para-hydroxylation sites is 4. The van der Waals surface area contributed by atoms with Crippen molar-refractivity contribution in [1.29, 1.82) is 0 Å². The quantitative estimate of drug-likeness (QED) is 0.117. The Morgan fingerprint density at radius 2 is 1.04 bits per heavy atom. The van der Waals surface area contributed by atoms with Gasteiger partial charge in [-0.25, -0.2) is 0 Å². The fourth-order valence-corrected chi connectivity index (χ4v) is 7.61. The fourth-order valence-electron chi connectivity index (χ4n) is 4.84. The molecule has 0 atom stereocenters. The van der Waals surface area contributed by atoms with Gasteiger partial charge in [-0.05, 0) is 49.9 Å². The van der Waals surface area contributed by atoms with Crippen molar-refractivity contribution in [3.05, 3.63) is 58.3 Å². The van der Waals surface area contributed by atoms with Gasteiger partial charge >= 0.3 is 0 Å². The number of carbonyl (C=O) groups is 4. The molecule has 2 aromatic rings. The zero-order valence-electron chi connectivity index (χ0n) is 25.7. The third-order valence-corrected chi connectivity index (χ3v) is 10.3. The van der Waals surface area contributed by atoms with Crippen molar-refractivity contribution in [1.82, 2.24) is 9.80 Å². The number of methoxy groups -OCH3 is 2. The van der Waals surface area contributed by atoms with Gasteiger partial charge in [0.15, 0.2) is 0 Å². The highest BCUT2D eigenvalue weighted by atomic mass is 32.2. The number of carbonyl (C=O) groups excluding carboxylic acids is 4. The average molecular weight is 701 g/mol. The van der Waals surface area contributed by atoms with Gasteiger partial charge in [0.2, 0.25) is 11.8 Å². The van der Waals surface area contributed by atoms with Crippen LogP contribution in [0.15, 0.2) is 58.3 Å². The van der Waals surface area contributed by atoms with Crippen LogP contribution in [0.2, 0.25) is 0 Å². The number of anilines is 2. The molecular weight excluding hydrogens is 665 g/mol. The van der Waals surface area contributed by atoms with Crippen LogP contribution in [0.25, 0.3) is 0 Å². The lowest BCUT2D eigenvalue weighted by Gasteiger charge is -2.15. The number of benzene rings is 2. The molecule has 2 aromatic carbocycles. The number of hydrogen-bond acceptors (Lipinski definition) is 10. The molecule has 2 heterocycles. The van der Waals surface area contributed by atoms with Gasteiger partial charge in [0.1, 0.15) is 20.1 Å². The number of nitrogens with zero attached hydrogens (tertiary/aromatic N) is 2. The minimum absolute atomic E-state index is 0.105. The van der Waals surface area contributed by atoms with E-state index in [1.807, 2.05) is 24.3 Å². The molecule has 2 fully saturated rings. The smallest absolute Gasteiger partial charge is 0.267 e. The monoisotopic (exact) mass is 700 g/mol. The molecule has 2 aliphatic rings. The molecule has 4 amide bonds. The lowest BCUT2D eigenvalue weighted by atomic mass is 10.1. The predicted octanol–water partition coefficient (Wildman–Crippen LogP) is 6.33. The molecule has 46 heavy (non-hydrogen) atoms. The van der Waals surface area contributed by atoms with E-state index in [1.165, 1.54) is 9.80 Å². The van der Waals surface area contributed by atoms with Crippen LogP contribution in [0.4, 0.5) is 11.4 Å². The summed E-state index contributed by atoms with van der Waals surface area (Å²) in [5.74, 6) is 0.420. The minimum Gasteiger partial charge on any atom is -0.495 e. The summed E-state index contributed by atoms with van der Waals surface area (Å²) in [6, 6.07) is 14.5. The molecule has 0 aromatic heterocycles. The van der Waals surface area contributed by atoms with Gasteiger partial charge in [-0.1, -0.05) is 85.1 Å². The second-order valence-corrected chi connectivity index (χ2v) is 13.7. The Morgan fingerprint density at radius 3 is 1.43 bits per heavy atom. The van der Waals surface area contributed by atoms with Crippen LogP contribution in [0.1, 0.15) is 51.4 Å². The Labute approximate surface area is 288 Å². The first-order valence-corrected chi connectivity index (χ1v) is 17.4. The van der Waals surface area contributed by atoms with Gasteiger partial charge in [-0.3, -0.25) is 29.0 Å². The summed E-state index contributed by atoms with van der Waals surface area (Å²) in [6.07, 6.45) is 4.79. The molecule has 2 aliphatic heterocycles. The van der Waals surface area contributed by atoms with Gasteiger partial charge < -0.3 is 20.1 Å². The summed E-state index contributed by atoms with van der Waals surface area (Å²) in [7, 11) is 3.11.